The lowest BCUT2D eigenvalue weighted by Crippen LogP contribution is -2.42. The second kappa shape index (κ2) is 8.00. The first-order valence-electron chi connectivity index (χ1n) is 9.95. The third-order valence-corrected chi connectivity index (χ3v) is 5.23. The molecule has 6 nitrogen and oxygen atoms in total. The fraction of sp³-hybridized carbons (Fsp3) is 0.167. The zero-order valence-electron chi connectivity index (χ0n) is 16.3. The quantitative estimate of drug-likeness (QED) is 0.512. The largest absolute Gasteiger partial charge is 0.463 e. The number of aromatic nitrogens is 2. The van der Waals surface area contributed by atoms with Crippen LogP contribution in [0.15, 0.2) is 89.5 Å². The average Bonchev–Trinajstić information content (AvgIpc) is 3.50. The van der Waals surface area contributed by atoms with Gasteiger partial charge in [-0.1, -0.05) is 48.5 Å². The number of morpholine rings is 1. The maximum Gasteiger partial charge on any atom is 0.272 e. The van der Waals surface area contributed by atoms with Gasteiger partial charge in [0.15, 0.2) is 5.76 Å². The topological polar surface area (TPSA) is 60.5 Å². The molecule has 0 unspecified atom stereocenters. The van der Waals surface area contributed by atoms with Gasteiger partial charge in [-0.2, -0.15) is 5.10 Å². The number of hydrogen-bond acceptors (Lipinski definition) is 4. The molecule has 2 aromatic carbocycles. The van der Waals surface area contributed by atoms with Crippen LogP contribution >= 0.6 is 0 Å². The van der Waals surface area contributed by atoms with E-state index in [1.165, 1.54) is 0 Å². The van der Waals surface area contributed by atoms with Crippen LogP contribution in [0.25, 0.3) is 17.1 Å². The summed E-state index contributed by atoms with van der Waals surface area (Å²) < 4.78 is 13.1. The van der Waals surface area contributed by atoms with Gasteiger partial charge in [0, 0.05) is 12.6 Å². The Labute approximate surface area is 174 Å². The highest BCUT2D eigenvalue weighted by Crippen LogP contribution is 2.26. The van der Waals surface area contributed by atoms with Crippen molar-refractivity contribution < 1.29 is 13.9 Å². The maximum atomic E-state index is 13.5. The summed E-state index contributed by atoms with van der Waals surface area (Å²) in [4.78, 5) is 15.4. The molecule has 1 fully saturated rings. The van der Waals surface area contributed by atoms with Gasteiger partial charge in [0.1, 0.15) is 17.5 Å². The van der Waals surface area contributed by atoms with Gasteiger partial charge in [0.2, 0.25) is 0 Å². The molecule has 6 heteroatoms. The molecule has 2 aromatic heterocycles. The summed E-state index contributed by atoms with van der Waals surface area (Å²) in [7, 11) is 0. The van der Waals surface area contributed by atoms with E-state index in [4.69, 9.17) is 9.15 Å². The minimum absolute atomic E-state index is 0.0756. The van der Waals surface area contributed by atoms with E-state index in [0.717, 1.165) is 11.3 Å². The summed E-state index contributed by atoms with van der Waals surface area (Å²) in [6.45, 7) is 1.53. The van der Waals surface area contributed by atoms with Gasteiger partial charge in [-0.15, -0.1) is 0 Å². The maximum absolute atomic E-state index is 13.5. The molecule has 1 aliphatic rings. The van der Waals surface area contributed by atoms with Crippen LogP contribution in [0, 0.1) is 0 Å². The lowest BCUT2D eigenvalue weighted by molar-refractivity contribution is -0.0231. The number of carbonyl (C=O) groups is 1. The molecule has 0 radical (unpaired) electrons. The van der Waals surface area contributed by atoms with Crippen molar-refractivity contribution in [2.75, 3.05) is 19.7 Å². The number of ether oxygens (including phenoxy) is 1. The van der Waals surface area contributed by atoms with Crippen LogP contribution in [-0.2, 0) is 4.74 Å². The Bertz CT molecular complexity index is 1120. The van der Waals surface area contributed by atoms with E-state index in [9.17, 15) is 4.79 Å². The van der Waals surface area contributed by atoms with E-state index in [-0.39, 0.29) is 12.0 Å². The molecular weight excluding hydrogens is 378 g/mol. The van der Waals surface area contributed by atoms with Crippen molar-refractivity contribution in [3.63, 3.8) is 0 Å². The summed E-state index contributed by atoms with van der Waals surface area (Å²) in [6.07, 6.45) is 1.46. The van der Waals surface area contributed by atoms with Gasteiger partial charge in [-0.05, 0) is 29.8 Å². The molecule has 1 saturated heterocycles. The molecule has 1 atom stereocenters. The molecule has 0 saturated carbocycles. The van der Waals surface area contributed by atoms with Crippen LogP contribution in [-0.4, -0.2) is 40.3 Å². The summed E-state index contributed by atoms with van der Waals surface area (Å²) in [6, 6.07) is 25.1. The van der Waals surface area contributed by atoms with Gasteiger partial charge >= 0.3 is 0 Å². The minimum Gasteiger partial charge on any atom is -0.463 e. The van der Waals surface area contributed by atoms with Gasteiger partial charge in [0.05, 0.1) is 25.1 Å². The summed E-state index contributed by atoms with van der Waals surface area (Å²) in [5, 5.41) is 4.66. The standard InChI is InChI=1S/C24H21N3O3/c28-24(26-13-15-30-23(17-26)18-8-3-1-4-9-18)21-16-20(22-12-7-14-29-22)25-27(21)19-10-5-2-6-11-19/h1-12,14,16,23H,13,15,17H2/t23-/m1/s1. The first-order valence-corrected chi connectivity index (χ1v) is 9.95. The van der Waals surface area contributed by atoms with Crippen LogP contribution in [0.1, 0.15) is 22.2 Å². The number of benzene rings is 2. The van der Waals surface area contributed by atoms with Crippen LogP contribution in [0.4, 0.5) is 0 Å². The predicted octanol–water partition coefficient (Wildman–Crippen LogP) is 4.35. The van der Waals surface area contributed by atoms with E-state index < -0.39 is 0 Å². The van der Waals surface area contributed by atoms with Crippen molar-refractivity contribution in [2.24, 2.45) is 0 Å². The first-order chi connectivity index (χ1) is 14.8. The summed E-state index contributed by atoms with van der Waals surface area (Å²) >= 11 is 0. The Balaban J connectivity index is 1.49. The van der Waals surface area contributed by atoms with E-state index in [1.807, 2.05) is 77.7 Å². The zero-order valence-corrected chi connectivity index (χ0v) is 16.3. The molecule has 0 N–H and O–H groups in total. The van der Waals surface area contributed by atoms with Gasteiger partial charge < -0.3 is 14.1 Å². The minimum atomic E-state index is -0.137. The Morgan fingerprint density at radius 2 is 1.73 bits per heavy atom. The lowest BCUT2D eigenvalue weighted by atomic mass is 10.1. The van der Waals surface area contributed by atoms with Crippen molar-refractivity contribution in [3.05, 3.63) is 96.4 Å². The second-order valence-electron chi connectivity index (χ2n) is 7.16. The number of nitrogens with zero attached hydrogens (tertiary/aromatic N) is 3. The number of amides is 1. The second-order valence-corrected chi connectivity index (χ2v) is 7.16. The molecule has 1 aliphatic heterocycles. The average molecular weight is 399 g/mol. The molecular formula is C24H21N3O3. The smallest absolute Gasteiger partial charge is 0.272 e. The predicted molar refractivity (Wildman–Crippen MR) is 112 cm³/mol. The number of furan rings is 1. The highest BCUT2D eigenvalue weighted by atomic mass is 16.5. The molecule has 0 aliphatic carbocycles. The van der Waals surface area contributed by atoms with E-state index in [0.29, 0.717) is 36.8 Å². The fourth-order valence-electron chi connectivity index (χ4n) is 3.71. The zero-order chi connectivity index (χ0) is 20.3. The molecule has 5 rings (SSSR count). The molecule has 0 spiro atoms. The SMILES string of the molecule is O=C(c1cc(-c2ccco2)nn1-c1ccccc1)N1CCO[C@@H](c2ccccc2)C1. The number of para-hydroxylation sites is 1. The van der Waals surface area contributed by atoms with E-state index in [2.05, 4.69) is 5.10 Å². The van der Waals surface area contributed by atoms with Crippen LogP contribution in [0.3, 0.4) is 0 Å². The van der Waals surface area contributed by atoms with E-state index >= 15 is 0 Å². The van der Waals surface area contributed by atoms with Gasteiger partial charge in [0.25, 0.3) is 5.91 Å². The molecule has 4 aromatic rings. The normalized spacial score (nSPS) is 16.5. The van der Waals surface area contributed by atoms with Crippen LogP contribution in [0.5, 0.6) is 0 Å². The molecule has 1 amide bonds. The number of hydrogen-bond donors (Lipinski definition) is 0. The molecule has 3 heterocycles. The fourth-order valence-corrected chi connectivity index (χ4v) is 3.71. The highest BCUT2D eigenvalue weighted by molar-refractivity contribution is 5.94. The van der Waals surface area contributed by atoms with Crippen LogP contribution in [0.2, 0.25) is 0 Å². The van der Waals surface area contributed by atoms with Gasteiger partial charge in [-0.3, -0.25) is 4.79 Å². The third-order valence-electron chi connectivity index (χ3n) is 5.23. The molecule has 150 valence electrons. The first kappa shape index (κ1) is 18.4. The Hall–Kier alpha value is -3.64. The van der Waals surface area contributed by atoms with Crippen LogP contribution < -0.4 is 0 Å². The van der Waals surface area contributed by atoms with Gasteiger partial charge in [-0.25, -0.2) is 4.68 Å². The monoisotopic (exact) mass is 399 g/mol. The Kier molecular flexibility index (Phi) is 4.91. The highest BCUT2D eigenvalue weighted by Gasteiger charge is 2.29. The molecule has 0 bridgehead atoms. The third kappa shape index (κ3) is 3.53. The summed E-state index contributed by atoms with van der Waals surface area (Å²) in [5.41, 5.74) is 3.02. The molecule has 30 heavy (non-hydrogen) atoms. The Morgan fingerprint density at radius 1 is 0.967 bits per heavy atom. The lowest BCUT2D eigenvalue weighted by Gasteiger charge is -2.33. The van der Waals surface area contributed by atoms with E-state index in [1.54, 1.807) is 17.0 Å². The van der Waals surface area contributed by atoms with Crippen molar-refractivity contribution in [1.29, 1.82) is 0 Å². The van der Waals surface area contributed by atoms with Crippen molar-refractivity contribution in [2.45, 2.75) is 6.10 Å². The Morgan fingerprint density at radius 3 is 2.47 bits per heavy atom. The van der Waals surface area contributed by atoms with Crippen molar-refractivity contribution in [3.8, 4) is 17.1 Å². The number of carbonyl (C=O) groups excluding carboxylic acids is 1. The summed E-state index contributed by atoms with van der Waals surface area (Å²) in [5.74, 6) is 0.552. The van der Waals surface area contributed by atoms with Crippen molar-refractivity contribution in [1.82, 2.24) is 14.7 Å². The number of rotatable bonds is 4. The van der Waals surface area contributed by atoms with Crippen molar-refractivity contribution >= 4 is 5.91 Å².